The monoisotopic (exact) mass is 370 g/mol. The molecule has 0 unspecified atom stereocenters. The summed E-state index contributed by atoms with van der Waals surface area (Å²) in [5.41, 5.74) is 0. The summed E-state index contributed by atoms with van der Waals surface area (Å²) >= 11 is 9.57. The molecule has 0 N–H and O–H groups in total. The minimum absolute atomic E-state index is 0.564. The minimum atomic E-state index is 0.564. The van der Waals surface area contributed by atoms with Crippen molar-refractivity contribution in [3.05, 3.63) is 21.2 Å². The Morgan fingerprint density at radius 1 is 1.43 bits per heavy atom. The molecule has 4 heteroatoms. The van der Waals surface area contributed by atoms with Gasteiger partial charge in [0.05, 0.1) is 0 Å². The quantitative estimate of drug-likeness (QED) is 0.681. The van der Waals surface area contributed by atoms with Gasteiger partial charge in [-0.15, -0.1) is 0 Å². The maximum atomic E-state index is 5.88. The summed E-state index contributed by atoms with van der Waals surface area (Å²) in [7, 11) is 0. The van der Waals surface area contributed by atoms with E-state index < -0.39 is 0 Å². The molecule has 0 amide bonds. The van der Waals surface area contributed by atoms with Gasteiger partial charge in [-0.05, 0) is 42.1 Å². The zero-order valence-electron chi connectivity index (χ0n) is 12.9. The molecular weight excluding hydrogens is 348 g/mol. The van der Waals surface area contributed by atoms with Crippen molar-refractivity contribution in [1.29, 1.82) is 0 Å². The SMILES string of the molecule is CCC/C=c1/c(=C\N=C(C)Cl)c(Br)cn1C1CCCCC1. The summed E-state index contributed by atoms with van der Waals surface area (Å²) in [6, 6.07) is 0.626. The van der Waals surface area contributed by atoms with Crippen LogP contribution in [-0.4, -0.2) is 9.74 Å². The Kier molecular flexibility index (Phi) is 6.56. The molecule has 2 rings (SSSR count). The molecule has 116 valence electrons. The second kappa shape index (κ2) is 8.19. The molecule has 0 aromatic carbocycles. The molecule has 1 fully saturated rings. The highest BCUT2D eigenvalue weighted by Crippen LogP contribution is 2.27. The van der Waals surface area contributed by atoms with Crippen molar-refractivity contribution in [2.24, 2.45) is 4.99 Å². The topological polar surface area (TPSA) is 17.3 Å². The Labute approximate surface area is 140 Å². The normalized spacial score (nSPS) is 19.5. The zero-order chi connectivity index (χ0) is 15.2. The van der Waals surface area contributed by atoms with Crippen molar-refractivity contribution in [3.63, 3.8) is 0 Å². The number of aliphatic imine (C=N–C) groups is 1. The Bertz CT molecular complexity index is 605. The lowest BCUT2D eigenvalue weighted by Gasteiger charge is -2.23. The lowest BCUT2D eigenvalue weighted by Crippen LogP contribution is -2.32. The van der Waals surface area contributed by atoms with E-state index in [-0.39, 0.29) is 0 Å². The second-order valence-electron chi connectivity index (χ2n) is 5.72. The first-order chi connectivity index (χ1) is 10.1. The van der Waals surface area contributed by atoms with Crippen LogP contribution >= 0.6 is 27.5 Å². The average molecular weight is 372 g/mol. The number of nitrogens with zero attached hydrogens (tertiary/aromatic N) is 2. The summed E-state index contributed by atoms with van der Waals surface area (Å²) < 4.78 is 3.56. The van der Waals surface area contributed by atoms with E-state index in [4.69, 9.17) is 11.6 Å². The van der Waals surface area contributed by atoms with Crippen molar-refractivity contribution in [2.75, 3.05) is 0 Å². The fourth-order valence-corrected chi connectivity index (χ4v) is 3.54. The molecule has 0 bridgehead atoms. The van der Waals surface area contributed by atoms with Crippen LogP contribution in [-0.2, 0) is 0 Å². The Hall–Kier alpha value is -0.540. The van der Waals surface area contributed by atoms with Crippen LogP contribution in [0, 0.1) is 0 Å². The standard InChI is InChI=1S/C17H24BrClN2/c1-3-4-10-17-15(11-20-13(2)19)16(18)12-21(17)14-8-6-5-7-9-14/h10-12,14H,3-9H2,1-2H3/b15-11-,17-10-,20-13?. The molecule has 0 atom stereocenters. The van der Waals surface area contributed by atoms with E-state index in [0.29, 0.717) is 11.2 Å². The molecule has 1 heterocycles. The number of hydrogen-bond donors (Lipinski definition) is 0. The van der Waals surface area contributed by atoms with Gasteiger partial charge in [-0.2, -0.15) is 0 Å². The smallest absolute Gasteiger partial charge is 0.103 e. The lowest BCUT2D eigenvalue weighted by molar-refractivity contribution is 0.349. The third-order valence-corrected chi connectivity index (χ3v) is 4.76. The van der Waals surface area contributed by atoms with E-state index in [1.807, 2.05) is 6.20 Å². The Balaban J connectivity index is 2.52. The fraction of sp³-hybridized carbons (Fsp3) is 0.588. The second-order valence-corrected chi connectivity index (χ2v) is 7.12. The third-order valence-electron chi connectivity index (χ3n) is 4.03. The molecule has 1 saturated carbocycles. The van der Waals surface area contributed by atoms with Crippen molar-refractivity contribution < 1.29 is 0 Å². The van der Waals surface area contributed by atoms with E-state index in [9.17, 15) is 0 Å². The van der Waals surface area contributed by atoms with Crippen molar-refractivity contribution in [1.82, 2.24) is 4.57 Å². The number of halogens is 2. The Morgan fingerprint density at radius 2 is 2.14 bits per heavy atom. The molecule has 1 aliphatic rings. The molecule has 1 aromatic rings. The van der Waals surface area contributed by atoms with Gasteiger partial charge in [0, 0.05) is 33.5 Å². The predicted molar refractivity (Wildman–Crippen MR) is 96.3 cm³/mol. The van der Waals surface area contributed by atoms with Crippen LogP contribution in [0.3, 0.4) is 0 Å². The van der Waals surface area contributed by atoms with Crippen LogP contribution < -0.4 is 10.6 Å². The molecule has 0 radical (unpaired) electrons. The van der Waals surface area contributed by atoms with Crippen LogP contribution in [0.15, 0.2) is 15.7 Å². The van der Waals surface area contributed by atoms with Crippen LogP contribution in [0.25, 0.3) is 12.3 Å². The first kappa shape index (κ1) is 16.8. The number of hydrogen-bond acceptors (Lipinski definition) is 1. The molecule has 1 aromatic heterocycles. The molecule has 1 aliphatic carbocycles. The largest absolute Gasteiger partial charge is 0.343 e. The maximum Gasteiger partial charge on any atom is 0.103 e. The number of unbranched alkanes of at least 4 members (excludes halogenated alkanes) is 1. The van der Waals surface area contributed by atoms with E-state index in [1.165, 1.54) is 37.5 Å². The van der Waals surface area contributed by atoms with E-state index >= 15 is 0 Å². The van der Waals surface area contributed by atoms with Gasteiger partial charge in [0.2, 0.25) is 0 Å². The molecule has 0 spiro atoms. The minimum Gasteiger partial charge on any atom is -0.343 e. The van der Waals surface area contributed by atoms with E-state index in [2.05, 4.69) is 44.7 Å². The summed E-state index contributed by atoms with van der Waals surface area (Å²) in [4.78, 5) is 4.28. The zero-order valence-corrected chi connectivity index (χ0v) is 15.3. The van der Waals surface area contributed by atoms with E-state index in [1.54, 1.807) is 6.92 Å². The highest BCUT2D eigenvalue weighted by molar-refractivity contribution is 9.10. The van der Waals surface area contributed by atoms with Crippen LogP contribution in [0.2, 0.25) is 0 Å². The third kappa shape index (κ3) is 4.46. The Morgan fingerprint density at radius 3 is 2.76 bits per heavy atom. The molecule has 0 saturated heterocycles. The van der Waals surface area contributed by atoms with E-state index in [0.717, 1.165) is 22.5 Å². The highest BCUT2D eigenvalue weighted by atomic mass is 79.9. The number of aromatic nitrogens is 1. The highest BCUT2D eigenvalue weighted by Gasteiger charge is 2.16. The predicted octanol–water partition coefficient (Wildman–Crippen LogP) is 4.73. The summed E-state index contributed by atoms with van der Waals surface area (Å²) in [6.07, 6.45) is 15.3. The first-order valence-electron chi connectivity index (χ1n) is 7.90. The molecule has 0 aliphatic heterocycles. The summed E-state index contributed by atoms with van der Waals surface area (Å²) in [5.74, 6) is 0. The fourth-order valence-electron chi connectivity index (χ4n) is 2.96. The van der Waals surface area contributed by atoms with Gasteiger partial charge in [-0.3, -0.25) is 0 Å². The van der Waals surface area contributed by atoms with Crippen molar-refractivity contribution in [2.45, 2.75) is 64.8 Å². The van der Waals surface area contributed by atoms with Crippen LogP contribution in [0.1, 0.15) is 64.8 Å². The van der Waals surface area contributed by atoms with Gasteiger partial charge in [0.15, 0.2) is 0 Å². The molecule has 21 heavy (non-hydrogen) atoms. The molecular formula is C17H24BrClN2. The average Bonchev–Trinajstić information content (AvgIpc) is 2.80. The van der Waals surface area contributed by atoms with Gasteiger partial charge in [0.1, 0.15) is 5.17 Å². The summed E-state index contributed by atoms with van der Waals surface area (Å²) in [5, 5.41) is 3.00. The van der Waals surface area contributed by atoms with Gasteiger partial charge in [-0.1, -0.05) is 50.3 Å². The maximum absolute atomic E-state index is 5.88. The van der Waals surface area contributed by atoms with Crippen molar-refractivity contribution in [3.8, 4) is 0 Å². The lowest BCUT2D eigenvalue weighted by atomic mass is 9.95. The molecule has 2 nitrogen and oxygen atoms in total. The van der Waals surface area contributed by atoms with Gasteiger partial charge in [-0.25, -0.2) is 4.99 Å². The van der Waals surface area contributed by atoms with Gasteiger partial charge < -0.3 is 4.57 Å². The number of rotatable bonds is 4. The van der Waals surface area contributed by atoms with Gasteiger partial charge in [0.25, 0.3) is 0 Å². The van der Waals surface area contributed by atoms with Crippen LogP contribution in [0.5, 0.6) is 0 Å². The summed E-state index contributed by atoms with van der Waals surface area (Å²) in [6.45, 7) is 4.02. The van der Waals surface area contributed by atoms with Gasteiger partial charge >= 0.3 is 0 Å². The van der Waals surface area contributed by atoms with Crippen LogP contribution in [0.4, 0.5) is 0 Å². The first-order valence-corrected chi connectivity index (χ1v) is 9.07. The van der Waals surface area contributed by atoms with Crippen molar-refractivity contribution >= 4 is 45.0 Å².